The molecule has 0 aliphatic heterocycles. The minimum absolute atomic E-state index is 0.370. The van der Waals surface area contributed by atoms with Crippen molar-refractivity contribution in [2.45, 2.75) is 65.2 Å². The van der Waals surface area contributed by atoms with Gasteiger partial charge in [-0.15, -0.1) is 6.58 Å². The van der Waals surface area contributed by atoms with E-state index in [0.29, 0.717) is 6.61 Å². The Kier molecular flexibility index (Phi) is 21.3. The van der Waals surface area contributed by atoms with Crippen molar-refractivity contribution in [3.05, 3.63) is 12.7 Å². The van der Waals surface area contributed by atoms with Crippen molar-refractivity contribution in [2.75, 3.05) is 6.61 Å². The molecule has 0 saturated carbocycles. The lowest BCUT2D eigenvalue weighted by atomic mass is 10.1. The van der Waals surface area contributed by atoms with Gasteiger partial charge in [0.25, 0.3) is 0 Å². The van der Waals surface area contributed by atoms with Crippen LogP contribution in [0.4, 0.5) is 0 Å². The van der Waals surface area contributed by atoms with Gasteiger partial charge in [0.15, 0.2) is 0 Å². The summed E-state index contributed by atoms with van der Waals surface area (Å²) < 4.78 is 0. The molecule has 0 unspecified atom stereocenters. The van der Waals surface area contributed by atoms with Crippen LogP contribution in [0.1, 0.15) is 65.2 Å². The van der Waals surface area contributed by atoms with Gasteiger partial charge in [0.05, 0.1) is 0 Å². The summed E-state index contributed by atoms with van der Waals surface area (Å²) in [6.45, 7) is 7.86. The summed E-state index contributed by atoms with van der Waals surface area (Å²) >= 11 is 0. The SMILES string of the molecule is C=CC.CCCCCCCCCCO. The normalized spacial score (nSPS) is 9.07. The van der Waals surface area contributed by atoms with E-state index in [4.69, 9.17) is 5.11 Å². The summed E-state index contributed by atoms with van der Waals surface area (Å²) in [7, 11) is 0. The minimum atomic E-state index is 0.370. The predicted octanol–water partition coefficient (Wildman–Crippen LogP) is 4.31. The van der Waals surface area contributed by atoms with Crippen LogP contribution in [0.3, 0.4) is 0 Å². The second-order valence-corrected chi connectivity index (χ2v) is 3.61. The fraction of sp³-hybridized carbons (Fsp3) is 0.846. The first-order valence-electron chi connectivity index (χ1n) is 6.01. The van der Waals surface area contributed by atoms with E-state index in [9.17, 15) is 0 Å². The molecule has 86 valence electrons. The van der Waals surface area contributed by atoms with E-state index in [1.54, 1.807) is 6.08 Å². The van der Waals surface area contributed by atoms with Crippen molar-refractivity contribution < 1.29 is 5.11 Å². The molecule has 0 fully saturated rings. The molecule has 0 aliphatic carbocycles. The van der Waals surface area contributed by atoms with Crippen LogP contribution < -0.4 is 0 Å². The Morgan fingerprint density at radius 3 is 1.64 bits per heavy atom. The zero-order chi connectivity index (χ0) is 11.1. The van der Waals surface area contributed by atoms with Crippen LogP contribution in [0.25, 0.3) is 0 Å². The maximum absolute atomic E-state index is 8.51. The third-order valence-corrected chi connectivity index (χ3v) is 2.01. The molecule has 0 aliphatic rings. The smallest absolute Gasteiger partial charge is 0.0431 e. The molecule has 0 aromatic carbocycles. The first-order chi connectivity index (χ1) is 6.83. The van der Waals surface area contributed by atoms with Gasteiger partial charge in [-0.25, -0.2) is 0 Å². The Hall–Kier alpha value is -0.300. The van der Waals surface area contributed by atoms with Gasteiger partial charge in [0.1, 0.15) is 0 Å². The van der Waals surface area contributed by atoms with E-state index >= 15 is 0 Å². The molecule has 0 aromatic heterocycles. The largest absolute Gasteiger partial charge is 0.396 e. The van der Waals surface area contributed by atoms with Gasteiger partial charge in [-0.1, -0.05) is 57.9 Å². The summed E-state index contributed by atoms with van der Waals surface area (Å²) in [6, 6.07) is 0. The van der Waals surface area contributed by atoms with Crippen LogP contribution in [0.5, 0.6) is 0 Å². The zero-order valence-corrected chi connectivity index (χ0v) is 10.1. The van der Waals surface area contributed by atoms with Crippen molar-refractivity contribution in [1.82, 2.24) is 0 Å². The number of unbranched alkanes of at least 4 members (excludes halogenated alkanes) is 7. The zero-order valence-electron chi connectivity index (χ0n) is 10.1. The third kappa shape index (κ3) is 22.6. The van der Waals surface area contributed by atoms with Crippen molar-refractivity contribution >= 4 is 0 Å². The minimum Gasteiger partial charge on any atom is -0.396 e. The fourth-order valence-corrected chi connectivity index (χ4v) is 1.25. The average Bonchev–Trinajstić information content (AvgIpc) is 2.18. The maximum Gasteiger partial charge on any atom is 0.0431 e. The van der Waals surface area contributed by atoms with E-state index in [1.165, 1.54) is 44.9 Å². The van der Waals surface area contributed by atoms with E-state index < -0.39 is 0 Å². The monoisotopic (exact) mass is 200 g/mol. The Morgan fingerprint density at radius 2 is 1.29 bits per heavy atom. The number of aliphatic hydroxyl groups is 1. The molecular weight excluding hydrogens is 172 g/mol. The fourth-order valence-electron chi connectivity index (χ4n) is 1.25. The lowest BCUT2D eigenvalue weighted by Gasteiger charge is -1.98. The topological polar surface area (TPSA) is 20.2 Å². The number of allylic oxidation sites excluding steroid dienone is 1. The first kappa shape index (κ1) is 16.1. The lowest BCUT2D eigenvalue weighted by Crippen LogP contribution is -1.83. The third-order valence-electron chi connectivity index (χ3n) is 2.01. The van der Waals surface area contributed by atoms with Crippen LogP contribution in [0.2, 0.25) is 0 Å². The highest BCUT2D eigenvalue weighted by Gasteiger charge is 1.89. The molecule has 0 radical (unpaired) electrons. The highest BCUT2D eigenvalue weighted by atomic mass is 16.2. The summed E-state index contributed by atoms with van der Waals surface area (Å²) in [5, 5.41) is 8.51. The summed E-state index contributed by atoms with van der Waals surface area (Å²) in [6.07, 6.45) is 12.1. The molecule has 0 atom stereocenters. The van der Waals surface area contributed by atoms with Crippen molar-refractivity contribution in [3.8, 4) is 0 Å². The van der Waals surface area contributed by atoms with Gasteiger partial charge >= 0.3 is 0 Å². The molecule has 1 heteroatoms. The summed E-state index contributed by atoms with van der Waals surface area (Å²) in [5.41, 5.74) is 0. The maximum atomic E-state index is 8.51. The summed E-state index contributed by atoms with van der Waals surface area (Å²) in [5.74, 6) is 0. The summed E-state index contributed by atoms with van der Waals surface area (Å²) in [4.78, 5) is 0. The van der Waals surface area contributed by atoms with Gasteiger partial charge in [-0.05, 0) is 13.3 Å². The Balaban J connectivity index is 0. The molecule has 0 aromatic rings. The van der Waals surface area contributed by atoms with Crippen LogP contribution >= 0.6 is 0 Å². The highest BCUT2D eigenvalue weighted by Crippen LogP contribution is 2.07. The van der Waals surface area contributed by atoms with Gasteiger partial charge in [-0.3, -0.25) is 0 Å². The molecule has 0 amide bonds. The second kappa shape index (κ2) is 18.5. The van der Waals surface area contributed by atoms with Crippen molar-refractivity contribution in [3.63, 3.8) is 0 Å². The molecule has 0 saturated heterocycles. The second-order valence-electron chi connectivity index (χ2n) is 3.61. The van der Waals surface area contributed by atoms with Crippen LogP contribution in [-0.2, 0) is 0 Å². The van der Waals surface area contributed by atoms with E-state index in [0.717, 1.165) is 6.42 Å². The van der Waals surface area contributed by atoms with E-state index in [2.05, 4.69) is 13.5 Å². The van der Waals surface area contributed by atoms with Crippen LogP contribution in [0, 0.1) is 0 Å². The average molecular weight is 200 g/mol. The standard InChI is InChI=1S/C10H22O.C3H6/c1-2-3-4-5-6-7-8-9-10-11;1-3-2/h11H,2-10H2,1H3;3H,1H2,2H3. The number of rotatable bonds is 8. The highest BCUT2D eigenvalue weighted by molar-refractivity contribution is 4.51. The molecular formula is C13H28O. The molecule has 14 heavy (non-hydrogen) atoms. The van der Waals surface area contributed by atoms with Gasteiger partial charge in [0.2, 0.25) is 0 Å². The Labute approximate surface area is 90.2 Å². The molecule has 0 rings (SSSR count). The van der Waals surface area contributed by atoms with E-state index in [1.807, 2.05) is 6.92 Å². The van der Waals surface area contributed by atoms with Crippen LogP contribution in [-0.4, -0.2) is 11.7 Å². The van der Waals surface area contributed by atoms with Gasteiger partial charge in [0, 0.05) is 6.61 Å². The first-order valence-corrected chi connectivity index (χ1v) is 6.01. The Bertz CT molecular complexity index is 81.2. The number of hydrogen-bond donors (Lipinski definition) is 1. The molecule has 0 heterocycles. The quantitative estimate of drug-likeness (QED) is 0.457. The van der Waals surface area contributed by atoms with Gasteiger partial charge in [-0.2, -0.15) is 0 Å². The molecule has 1 N–H and O–H groups in total. The van der Waals surface area contributed by atoms with Crippen molar-refractivity contribution in [2.24, 2.45) is 0 Å². The predicted molar refractivity (Wildman–Crippen MR) is 65.6 cm³/mol. The number of hydrogen-bond acceptors (Lipinski definition) is 1. The van der Waals surface area contributed by atoms with Crippen LogP contribution in [0.15, 0.2) is 12.7 Å². The molecule has 0 spiro atoms. The molecule has 0 bridgehead atoms. The Morgan fingerprint density at radius 1 is 0.929 bits per heavy atom. The lowest BCUT2D eigenvalue weighted by molar-refractivity contribution is 0.282. The number of aliphatic hydroxyl groups excluding tert-OH is 1. The van der Waals surface area contributed by atoms with Gasteiger partial charge < -0.3 is 5.11 Å². The van der Waals surface area contributed by atoms with Crippen molar-refractivity contribution in [1.29, 1.82) is 0 Å². The molecule has 1 nitrogen and oxygen atoms in total. The van der Waals surface area contributed by atoms with E-state index in [-0.39, 0.29) is 0 Å².